The highest BCUT2D eigenvalue weighted by atomic mass is 14.3. The molecular formula is C25H22. The van der Waals surface area contributed by atoms with Gasteiger partial charge in [-0.05, 0) is 23.1 Å². The van der Waals surface area contributed by atoms with Gasteiger partial charge in [0.1, 0.15) is 0 Å². The van der Waals surface area contributed by atoms with Crippen LogP contribution in [0.1, 0.15) is 22.6 Å². The summed E-state index contributed by atoms with van der Waals surface area (Å²) in [4.78, 5) is 0. The van der Waals surface area contributed by atoms with E-state index in [2.05, 4.69) is 109 Å². The van der Waals surface area contributed by atoms with Gasteiger partial charge in [-0.1, -0.05) is 115 Å². The molecule has 0 aliphatic heterocycles. The number of allylic oxidation sites excluding steroid dienone is 4. The van der Waals surface area contributed by atoms with E-state index in [0.717, 1.165) is 6.42 Å². The smallest absolute Gasteiger partial charge is 0.0190 e. The predicted molar refractivity (Wildman–Crippen MR) is 106 cm³/mol. The van der Waals surface area contributed by atoms with Crippen molar-refractivity contribution >= 4 is 0 Å². The van der Waals surface area contributed by atoms with E-state index in [4.69, 9.17) is 0 Å². The maximum absolute atomic E-state index is 2.36. The van der Waals surface area contributed by atoms with Crippen LogP contribution in [0.5, 0.6) is 0 Å². The zero-order valence-corrected chi connectivity index (χ0v) is 14.3. The van der Waals surface area contributed by atoms with Crippen molar-refractivity contribution < 1.29 is 0 Å². The molecule has 0 N–H and O–H groups in total. The molecule has 0 bridgehead atoms. The average Bonchev–Trinajstić information content (AvgIpc) is 3.12. The van der Waals surface area contributed by atoms with Crippen molar-refractivity contribution in [2.75, 3.05) is 0 Å². The molecule has 0 radical (unpaired) electrons. The monoisotopic (exact) mass is 322 g/mol. The minimum Gasteiger partial charge on any atom is -0.0764 e. The molecule has 122 valence electrons. The first-order valence-electron chi connectivity index (χ1n) is 8.93. The van der Waals surface area contributed by atoms with E-state index in [1.165, 1.54) is 22.3 Å². The predicted octanol–water partition coefficient (Wildman–Crippen LogP) is 6.17. The van der Waals surface area contributed by atoms with Gasteiger partial charge in [0.05, 0.1) is 0 Å². The highest BCUT2D eigenvalue weighted by Gasteiger charge is 2.27. The van der Waals surface area contributed by atoms with E-state index in [1.807, 2.05) is 0 Å². The molecular weight excluding hydrogens is 300 g/mol. The molecule has 1 aliphatic rings. The second-order valence-electron chi connectivity index (χ2n) is 6.61. The lowest BCUT2D eigenvalue weighted by Crippen LogP contribution is -2.15. The Morgan fingerprint density at radius 3 is 1.72 bits per heavy atom. The van der Waals surface area contributed by atoms with E-state index in [0.29, 0.717) is 11.8 Å². The Kier molecular flexibility index (Phi) is 4.61. The van der Waals surface area contributed by atoms with Crippen LogP contribution in [-0.4, -0.2) is 0 Å². The number of benzene rings is 3. The first-order chi connectivity index (χ1) is 12.4. The second kappa shape index (κ2) is 7.36. The maximum Gasteiger partial charge on any atom is 0.0190 e. The normalized spacial score (nSPS) is 16.2. The van der Waals surface area contributed by atoms with Crippen LogP contribution in [0.25, 0.3) is 0 Å². The van der Waals surface area contributed by atoms with Gasteiger partial charge in [0.15, 0.2) is 0 Å². The summed E-state index contributed by atoms with van der Waals surface area (Å²) in [7, 11) is 0. The third-order valence-electron chi connectivity index (χ3n) is 4.98. The molecule has 3 aromatic rings. The first kappa shape index (κ1) is 15.7. The topological polar surface area (TPSA) is 0 Å². The summed E-state index contributed by atoms with van der Waals surface area (Å²) < 4.78 is 0. The molecule has 1 atom stereocenters. The Bertz CT molecular complexity index is 818. The van der Waals surface area contributed by atoms with Gasteiger partial charge >= 0.3 is 0 Å². The van der Waals surface area contributed by atoms with Crippen molar-refractivity contribution in [1.29, 1.82) is 0 Å². The fourth-order valence-corrected chi connectivity index (χ4v) is 3.79. The molecule has 4 rings (SSSR count). The van der Waals surface area contributed by atoms with Gasteiger partial charge in [0.2, 0.25) is 0 Å². The van der Waals surface area contributed by atoms with Crippen LogP contribution in [-0.2, 0) is 6.42 Å². The zero-order valence-electron chi connectivity index (χ0n) is 14.3. The molecule has 0 spiro atoms. The largest absolute Gasteiger partial charge is 0.0764 e. The van der Waals surface area contributed by atoms with Crippen molar-refractivity contribution in [2.24, 2.45) is 5.92 Å². The Morgan fingerprint density at radius 2 is 1.16 bits per heavy atom. The van der Waals surface area contributed by atoms with E-state index < -0.39 is 0 Å². The Labute approximate surface area is 150 Å². The fourth-order valence-electron chi connectivity index (χ4n) is 3.79. The molecule has 25 heavy (non-hydrogen) atoms. The molecule has 0 saturated carbocycles. The van der Waals surface area contributed by atoms with Gasteiger partial charge in [0, 0.05) is 11.8 Å². The van der Waals surface area contributed by atoms with Crippen LogP contribution < -0.4 is 0 Å². The average molecular weight is 322 g/mol. The fraction of sp³-hybridized carbons (Fsp3) is 0.120. The number of hydrogen-bond donors (Lipinski definition) is 0. The molecule has 0 amide bonds. The highest BCUT2D eigenvalue weighted by Crippen LogP contribution is 2.40. The molecule has 1 unspecified atom stereocenters. The van der Waals surface area contributed by atoms with Crippen molar-refractivity contribution in [2.45, 2.75) is 12.3 Å². The van der Waals surface area contributed by atoms with E-state index in [1.54, 1.807) is 0 Å². The van der Waals surface area contributed by atoms with Crippen molar-refractivity contribution in [3.63, 3.8) is 0 Å². The summed E-state index contributed by atoms with van der Waals surface area (Å²) >= 11 is 0. The zero-order chi connectivity index (χ0) is 16.9. The van der Waals surface area contributed by atoms with Gasteiger partial charge in [-0.15, -0.1) is 0 Å². The van der Waals surface area contributed by atoms with Crippen LogP contribution in [0, 0.1) is 5.92 Å². The van der Waals surface area contributed by atoms with Crippen LogP contribution >= 0.6 is 0 Å². The van der Waals surface area contributed by atoms with Crippen molar-refractivity contribution in [3.05, 3.63) is 131 Å². The number of rotatable bonds is 5. The third-order valence-corrected chi connectivity index (χ3v) is 4.98. The standard InChI is InChI=1S/C25H22/c1-4-11-20(12-5-1)19-23-17-10-18-24(23)25(21-13-6-2-7-14-21)22-15-8-3-9-16-22/h1-18,24-25H,19H2. The van der Waals surface area contributed by atoms with Gasteiger partial charge in [-0.2, -0.15) is 0 Å². The van der Waals surface area contributed by atoms with Gasteiger partial charge in [0.25, 0.3) is 0 Å². The van der Waals surface area contributed by atoms with E-state index >= 15 is 0 Å². The molecule has 0 heteroatoms. The van der Waals surface area contributed by atoms with Crippen molar-refractivity contribution in [1.82, 2.24) is 0 Å². The van der Waals surface area contributed by atoms with Gasteiger partial charge in [-0.3, -0.25) is 0 Å². The Hall–Kier alpha value is -2.86. The summed E-state index contributed by atoms with van der Waals surface area (Å²) in [6.45, 7) is 0. The Balaban J connectivity index is 1.70. The lowest BCUT2D eigenvalue weighted by Gasteiger charge is -2.26. The van der Waals surface area contributed by atoms with Gasteiger partial charge < -0.3 is 0 Å². The van der Waals surface area contributed by atoms with Crippen LogP contribution in [0.2, 0.25) is 0 Å². The molecule has 0 fully saturated rings. The minimum absolute atomic E-state index is 0.358. The molecule has 0 heterocycles. The van der Waals surface area contributed by atoms with Crippen LogP contribution in [0.4, 0.5) is 0 Å². The lowest BCUT2D eigenvalue weighted by atomic mass is 9.77. The molecule has 0 aromatic heterocycles. The highest BCUT2D eigenvalue weighted by molar-refractivity contribution is 5.43. The van der Waals surface area contributed by atoms with Gasteiger partial charge in [-0.25, -0.2) is 0 Å². The van der Waals surface area contributed by atoms with Crippen LogP contribution in [0.15, 0.2) is 115 Å². The summed E-state index contributed by atoms with van der Waals surface area (Å²) in [5.41, 5.74) is 5.62. The van der Waals surface area contributed by atoms with Crippen molar-refractivity contribution in [3.8, 4) is 0 Å². The summed E-state index contributed by atoms with van der Waals surface area (Å²) in [6, 6.07) is 32.5. The third kappa shape index (κ3) is 3.49. The lowest BCUT2D eigenvalue weighted by molar-refractivity contribution is 0.644. The van der Waals surface area contributed by atoms with E-state index in [-0.39, 0.29) is 0 Å². The van der Waals surface area contributed by atoms with Crippen LogP contribution in [0.3, 0.4) is 0 Å². The second-order valence-corrected chi connectivity index (χ2v) is 6.61. The summed E-state index contributed by atoms with van der Waals surface area (Å²) in [5.74, 6) is 0.765. The SMILES string of the molecule is C1=CC(C(c2ccccc2)c2ccccc2)C(Cc2ccccc2)=C1. The first-order valence-corrected chi connectivity index (χ1v) is 8.93. The minimum atomic E-state index is 0.358. The summed E-state index contributed by atoms with van der Waals surface area (Å²) in [6.07, 6.45) is 7.90. The molecule has 0 saturated heterocycles. The Morgan fingerprint density at radius 1 is 0.640 bits per heavy atom. The summed E-state index contributed by atoms with van der Waals surface area (Å²) in [5, 5.41) is 0. The molecule has 0 nitrogen and oxygen atoms in total. The molecule has 3 aromatic carbocycles. The number of hydrogen-bond acceptors (Lipinski definition) is 0. The quantitative estimate of drug-likeness (QED) is 0.526. The molecule has 1 aliphatic carbocycles. The maximum atomic E-state index is 2.36. The van der Waals surface area contributed by atoms with E-state index in [9.17, 15) is 0 Å².